The van der Waals surface area contributed by atoms with E-state index in [0.29, 0.717) is 22.8 Å². The first-order valence-electron chi connectivity index (χ1n) is 5.49. The highest BCUT2D eigenvalue weighted by atomic mass is 35.5. The molecule has 0 amide bonds. The SMILES string of the molecule is C=Cc1nc(Cl)nc(Nc2cccc(F)c2)c1C=C. The Morgan fingerprint density at radius 3 is 2.63 bits per heavy atom. The first kappa shape index (κ1) is 13.2. The fraction of sp³-hybridized carbons (Fsp3) is 0. The van der Waals surface area contributed by atoms with Crippen LogP contribution in [-0.2, 0) is 0 Å². The number of nitrogens with one attached hydrogen (secondary N) is 1. The lowest BCUT2D eigenvalue weighted by atomic mass is 10.2. The minimum Gasteiger partial charge on any atom is -0.339 e. The number of rotatable bonds is 4. The molecule has 0 saturated carbocycles. The number of anilines is 2. The number of halogens is 2. The maximum atomic E-state index is 13.1. The van der Waals surface area contributed by atoms with E-state index < -0.39 is 0 Å². The maximum Gasteiger partial charge on any atom is 0.224 e. The standard InChI is InChI=1S/C14H11ClFN3/c1-3-11-12(4-2)18-14(15)19-13(11)17-10-7-5-6-9(16)8-10/h3-8H,1-2H2,(H,17,18,19). The fourth-order valence-corrected chi connectivity index (χ4v) is 1.79. The van der Waals surface area contributed by atoms with Crippen LogP contribution in [0.15, 0.2) is 37.4 Å². The van der Waals surface area contributed by atoms with Crippen LogP contribution in [0.3, 0.4) is 0 Å². The van der Waals surface area contributed by atoms with Crippen LogP contribution in [0.5, 0.6) is 0 Å². The van der Waals surface area contributed by atoms with E-state index in [2.05, 4.69) is 28.4 Å². The second kappa shape index (κ2) is 5.63. The van der Waals surface area contributed by atoms with Crippen LogP contribution in [0.25, 0.3) is 12.2 Å². The van der Waals surface area contributed by atoms with E-state index in [1.54, 1.807) is 24.3 Å². The van der Waals surface area contributed by atoms with Crippen LogP contribution >= 0.6 is 11.6 Å². The Kier molecular flexibility index (Phi) is 3.92. The normalized spacial score (nSPS) is 10.0. The van der Waals surface area contributed by atoms with Gasteiger partial charge in [0.15, 0.2) is 0 Å². The van der Waals surface area contributed by atoms with Crippen molar-refractivity contribution in [3.8, 4) is 0 Å². The molecule has 1 heterocycles. The number of nitrogens with zero attached hydrogens (tertiary/aromatic N) is 2. The summed E-state index contributed by atoms with van der Waals surface area (Å²) in [6, 6.07) is 6.04. The number of hydrogen-bond donors (Lipinski definition) is 1. The molecule has 0 spiro atoms. The molecule has 19 heavy (non-hydrogen) atoms. The van der Waals surface area contributed by atoms with E-state index in [9.17, 15) is 4.39 Å². The Hall–Kier alpha value is -2.20. The summed E-state index contributed by atoms with van der Waals surface area (Å²) in [6.45, 7) is 7.36. The van der Waals surface area contributed by atoms with Gasteiger partial charge in [-0.3, -0.25) is 0 Å². The molecule has 0 aliphatic heterocycles. The fourth-order valence-electron chi connectivity index (χ4n) is 1.61. The molecular weight excluding hydrogens is 265 g/mol. The van der Waals surface area contributed by atoms with Crippen molar-refractivity contribution >= 4 is 35.3 Å². The first-order chi connectivity index (χ1) is 9.13. The van der Waals surface area contributed by atoms with Crippen LogP contribution in [0.4, 0.5) is 15.9 Å². The van der Waals surface area contributed by atoms with E-state index in [0.717, 1.165) is 0 Å². The molecule has 2 aromatic rings. The zero-order valence-electron chi connectivity index (χ0n) is 10.0. The van der Waals surface area contributed by atoms with E-state index in [-0.39, 0.29) is 11.1 Å². The predicted molar refractivity (Wildman–Crippen MR) is 76.9 cm³/mol. The third kappa shape index (κ3) is 2.98. The first-order valence-corrected chi connectivity index (χ1v) is 5.87. The van der Waals surface area contributed by atoms with Crippen molar-refractivity contribution in [3.05, 3.63) is 59.8 Å². The Labute approximate surface area is 115 Å². The minimum atomic E-state index is -0.339. The Morgan fingerprint density at radius 1 is 1.21 bits per heavy atom. The second-order valence-corrected chi connectivity index (χ2v) is 4.02. The zero-order valence-corrected chi connectivity index (χ0v) is 10.8. The molecule has 0 fully saturated rings. The summed E-state index contributed by atoms with van der Waals surface area (Å²) >= 11 is 5.84. The van der Waals surface area contributed by atoms with Gasteiger partial charge < -0.3 is 5.32 Å². The monoisotopic (exact) mass is 275 g/mol. The lowest BCUT2D eigenvalue weighted by molar-refractivity contribution is 0.628. The van der Waals surface area contributed by atoms with Crippen LogP contribution in [0.2, 0.25) is 5.28 Å². The second-order valence-electron chi connectivity index (χ2n) is 3.68. The van der Waals surface area contributed by atoms with Gasteiger partial charge in [0, 0.05) is 11.3 Å². The van der Waals surface area contributed by atoms with E-state index >= 15 is 0 Å². The van der Waals surface area contributed by atoms with Gasteiger partial charge in [-0.15, -0.1) is 0 Å². The zero-order chi connectivity index (χ0) is 13.8. The molecule has 0 atom stereocenters. The summed E-state index contributed by atoms with van der Waals surface area (Å²) in [5.41, 5.74) is 1.78. The molecule has 3 nitrogen and oxygen atoms in total. The average Bonchev–Trinajstić information content (AvgIpc) is 2.38. The molecule has 1 N–H and O–H groups in total. The molecule has 2 rings (SSSR count). The highest BCUT2D eigenvalue weighted by molar-refractivity contribution is 6.28. The highest BCUT2D eigenvalue weighted by Gasteiger charge is 2.09. The lowest BCUT2D eigenvalue weighted by Gasteiger charge is -2.11. The molecule has 0 unspecified atom stereocenters. The predicted octanol–water partition coefficient (Wildman–Crippen LogP) is 4.30. The minimum absolute atomic E-state index is 0.0828. The van der Waals surface area contributed by atoms with Crippen molar-refractivity contribution < 1.29 is 4.39 Å². The van der Waals surface area contributed by atoms with Gasteiger partial charge in [0.1, 0.15) is 11.6 Å². The molecule has 0 aliphatic carbocycles. The van der Waals surface area contributed by atoms with Crippen molar-refractivity contribution in [1.29, 1.82) is 0 Å². The van der Waals surface area contributed by atoms with Crippen LogP contribution in [0.1, 0.15) is 11.3 Å². The Morgan fingerprint density at radius 2 is 2.00 bits per heavy atom. The average molecular weight is 276 g/mol. The van der Waals surface area contributed by atoms with Gasteiger partial charge in [-0.1, -0.05) is 25.3 Å². The molecule has 1 aromatic heterocycles. The van der Waals surface area contributed by atoms with Crippen molar-refractivity contribution in [1.82, 2.24) is 9.97 Å². The van der Waals surface area contributed by atoms with Gasteiger partial charge in [0.25, 0.3) is 0 Å². The molecule has 1 aromatic carbocycles. The van der Waals surface area contributed by atoms with Crippen molar-refractivity contribution in [3.63, 3.8) is 0 Å². The van der Waals surface area contributed by atoms with E-state index in [4.69, 9.17) is 11.6 Å². The molecule has 0 saturated heterocycles. The van der Waals surface area contributed by atoms with E-state index in [1.807, 2.05) is 0 Å². The summed E-state index contributed by atoms with van der Waals surface area (Å²) in [4.78, 5) is 8.11. The van der Waals surface area contributed by atoms with Gasteiger partial charge in [-0.2, -0.15) is 4.98 Å². The van der Waals surface area contributed by atoms with Gasteiger partial charge in [0.2, 0.25) is 5.28 Å². The Bertz CT molecular complexity index is 641. The summed E-state index contributed by atoms with van der Waals surface area (Å²) in [5, 5.41) is 3.07. The topological polar surface area (TPSA) is 37.8 Å². The summed E-state index contributed by atoms with van der Waals surface area (Å²) in [7, 11) is 0. The van der Waals surface area contributed by atoms with E-state index in [1.165, 1.54) is 12.1 Å². The molecule has 0 radical (unpaired) electrons. The van der Waals surface area contributed by atoms with Crippen molar-refractivity contribution in [2.24, 2.45) is 0 Å². The largest absolute Gasteiger partial charge is 0.339 e. The van der Waals surface area contributed by atoms with Crippen LogP contribution < -0.4 is 5.32 Å². The van der Waals surface area contributed by atoms with Crippen molar-refractivity contribution in [2.45, 2.75) is 0 Å². The summed E-state index contributed by atoms with van der Waals surface area (Å²) < 4.78 is 13.1. The number of benzene rings is 1. The molecular formula is C14H11ClFN3. The van der Waals surface area contributed by atoms with Gasteiger partial charge in [-0.05, 0) is 35.9 Å². The maximum absolute atomic E-state index is 13.1. The third-order valence-electron chi connectivity index (χ3n) is 2.43. The molecule has 0 aliphatic rings. The number of aromatic nitrogens is 2. The van der Waals surface area contributed by atoms with Crippen LogP contribution in [0, 0.1) is 5.82 Å². The smallest absolute Gasteiger partial charge is 0.224 e. The lowest BCUT2D eigenvalue weighted by Crippen LogP contribution is -2.01. The third-order valence-corrected chi connectivity index (χ3v) is 2.60. The van der Waals surface area contributed by atoms with Crippen molar-refractivity contribution in [2.75, 3.05) is 5.32 Å². The summed E-state index contributed by atoms with van der Waals surface area (Å²) in [6.07, 6.45) is 3.15. The van der Waals surface area contributed by atoms with Gasteiger partial charge >= 0.3 is 0 Å². The molecule has 96 valence electrons. The highest BCUT2D eigenvalue weighted by Crippen LogP contribution is 2.24. The van der Waals surface area contributed by atoms with Gasteiger partial charge in [0.05, 0.1) is 5.69 Å². The number of hydrogen-bond acceptors (Lipinski definition) is 3. The molecule has 0 bridgehead atoms. The van der Waals surface area contributed by atoms with Gasteiger partial charge in [-0.25, -0.2) is 9.37 Å². The summed E-state index contributed by atoms with van der Waals surface area (Å²) in [5.74, 6) is 0.116. The Balaban J connectivity index is 2.47. The quantitative estimate of drug-likeness (QED) is 0.846. The molecule has 5 heteroatoms. The van der Waals surface area contributed by atoms with Crippen LogP contribution in [-0.4, -0.2) is 9.97 Å².